The van der Waals surface area contributed by atoms with Crippen molar-refractivity contribution in [2.75, 3.05) is 0 Å². The van der Waals surface area contributed by atoms with Crippen molar-refractivity contribution in [3.8, 4) is 0 Å². The molecule has 0 bridgehead atoms. The first-order valence-corrected chi connectivity index (χ1v) is 5.87. The van der Waals surface area contributed by atoms with Gasteiger partial charge in [0.1, 0.15) is 11.6 Å². The van der Waals surface area contributed by atoms with Crippen LogP contribution >= 0.6 is 0 Å². The summed E-state index contributed by atoms with van der Waals surface area (Å²) < 4.78 is 32.5. The number of rotatable bonds is 5. The van der Waals surface area contributed by atoms with Gasteiger partial charge in [0.25, 0.3) is 0 Å². The Bertz CT molecular complexity index is 420. The van der Waals surface area contributed by atoms with Crippen LogP contribution in [0.1, 0.15) is 33.3 Å². The Labute approximate surface area is 107 Å². The molecule has 1 aromatic rings. The molecule has 0 unspecified atom stereocenters. The fourth-order valence-corrected chi connectivity index (χ4v) is 1.17. The van der Waals surface area contributed by atoms with Gasteiger partial charge in [-0.2, -0.15) is 0 Å². The number of aliphatic hydroxyl groups is 1. The van der Waals surface area contributed by atoms with Crippen LogP contribution in [0.25, 0.3) is 0 Å². The molecule has 1 aromatic carbocycles. The monoisotopic (exact) mass is 255 g/mol. The molecule has 0 amide bonds. The molecule has 1 radical (unpaired) electrons. The van der Waals surface area contributed by atoms with Crippen LogP contribution in [0, 0.1) is 17.6 Å². The van der Waals surface area contributed by atoms with E-state index < -0.39 is 23.8 Å². The van der Waals surface area contributed by atoms with Crippen molar-refractivity contribution >= 4 is 12.9 Å². The molecule has 0 fully saturated rings. The van der Waals surface area contributed by atoms with Crippen molar-refractivity contribution in [3.63, 3.8) is 0 Å². The average molecular weight is 255 g/mol. The lowest BCUT2D eigenvalue weighted by atomic mass is 9.83. The van der Waals surface area contributed by atoms with Crippen LogP contribution < -0.4 is 5.46 Å². The van der Waals surface area contributed by atoms with Gasteiger partial charge in [0.05, 0.1) is 6.61 Å². The Kier molecular flexibility index (Phi) is 4.88. The van der Waals surface area contributed by atoms with Crippen molar-refractivity contribution in [1.29, 1.82) is 0 Å². The molecule has 2 nitrogen and oxygen atoms in total. The minimum Gasteiger partial charge on any atom is -0.429 e. The number of aliphatic hydroxyl groups excluding tert-OH is 1. The van der Waals surface area contributed by atoms with Crippen LogP contribution in [0.3, 0.4) is 0 Å². The highest BCUT2D eigenvalue weighted by molar-refractivity contribution is 6.47. The molecule has 0 spiro atoms. The molecule has 0 saturated heterocycles. The molecule has 0 aromatic heterocycles. The Morgan fingerprint density at radius 2 is 1.89 bits per heavy atom. The molecular formula is C13H18BF2O2. The van der Waals surface area contributed by atoms with Crippen LogP contribution in [-0.2, 0) is 11.3 Å². The average Bonchev–Trinajstić information content (AvgIpc) is 2.29. The zero-order chi connectivity index (χ0) is 13.9. The second kappa shape index (κ2) is 5.80. The molecule has 0 saturated carbocycles. The molecular weight excluding hydrogens is 237 g/mol. The second-order valence-corrected chi connectivity index (χ2v) is 5.12. The minimum atomic E-state index is -0.642. The van der Waals surface area contributed by atoms with Gasteiger partial charge < -0.3 is 9.76 Å². The maximum atomic E-state index is 13.6. The third-order valence-corrected chi connectivity index (χ3v) is 3.22. The number of benzene rings is 1. The summed E-state index contributed by atoms with van der Waals surface area (Å²) in [4.78, 5) is 0. The summed E-state index contributed by atoms with van der Waals surface area (Å²) in [6.07, 6.45) is 0. The fraction of sp³-hybridized carbons (Fsp3) is 0.538. The Balaban J connectivity index is 2.83. The van der Waals surface area contributed by atoms with Crippen molar-refractivity contribution in [1.82, 2.24) is 0 Å². The van der Waals surface area contributed by atoms with Gasteiger partial charge in [-0.15, -0.1) is 0 Å². The summed E-state index contributed by atoms with van der Waals surface area (Å²) in [6, 6.07) is 2.00. The van der Waals surface area contributed by atoms with Gasteiger partial charge in [-0.3, -0.25) is 0 Å². The van der Waals surface area contributed by atoms with E-state index in [2.05, 4.69) is 0 Å². The summed E-state index contributed by atoms with van der Waals surface area (Å²) in [5.74, 6) is -1.02. The SMILES string of the molecule is CC(C)C(C)(C)O[B]c1cc(F)c(CO)cc1F. The van der Waals surface area contributed by atoms with E-state index in [9.17, 15) is 8.78 Å². The summed E-state index contributed by atoms with van der Waals surface area (Å²) in [6.45, 7) is 7.20. The molecule has 0 aliphatic carbocycles. The first kappa shape index (κ1) is 15.1. The Hall–Kier alpha value is -0.935. The van der Waals surface area contributed by atoms with Crippen molar-refractivity contribution in [2.45, 2.75) is 39.9 Å². The molecule has 1 N–H and O–H groups in total. The van der Waals surface area contributed by atoms with Gasteiger partial charge in [0.2, 0.25) is 0 Å². The van der Waals surface area contributed by atoms with E-state index in [1.54, 1.807) is 0 Å². The van der Waals surface area contributed by atoms with Gasteiger partial charge in [-0.05, 0) is 37.4 Å². The summed E-state index contributed by atoms with van der Waals surface area (Å²) in [5.41, 5.74) is -0.482. The van der Waals surface area contributed by atoms with Gasteiger partial charge in [-0.25, -0.2) is 8.78 Å². The quantitative estimate of drug-likeness (QED) is 0.817. The van der Waals surface area contributed by atoms with E-state index in [0.29, 0.717) is 0 Å². The molecule has 18 heavy (non-hydrogen) atoms. The van der Waals surface area contributed by atoms with Crippen LogP contribution in [0.4, 0.5) is 8.78 Å². The van der Waals surface area contributed by atoms with Crippen molar-refractivity contribution in [3.05, 3.63) is 29.3 Å². The molecule has 5 heteroatoms. The maximum absolute atomic E-state index is 13.6. The topological polar surface area (TPSA) is 29.5 Å². The first-order valence-electron chi connectivity index (χ1n) is 5.87. The van der Waals surface area contributed by atoms with Crippen molar-refractivity contribution < 1.29 is 18.5 Å². The third-order valence-electron chi connectivity index (χ3n) is 3.22. The normalized spacial score (nSPS) is 12.0. The highest BCUT2D eigenvalue weighted by Gasteiger charge is 2.24. The fourth-order valence-electron chi connectivity index (χ4n) is 1.17. The zero-order valence-corrected chi connectivity index (χ0v) is 11.1. The molecule has 0 heterocycles. The lowest BCUT2D eigenvalue weighted by Crippen LogP contribution is -2.37. The van der Waals surface area contributed by atoms with Gasteiger partial charge >= 0.3 is 7.48 Å². The number of hydrogen-bond acceptors (Lipinski definition) is 2. The molecule has 0 aliphatic rings. The lowest BCUT2D eigenvalue weighted by molar-refractivity contribution is 0.0666. The van der Waals surface area contributed by atoms with E-state index in [1.165, 1.54) is 7.48 Å². The first-order chi connectivity index (χ1) is 8.27. The Morgan fingerprint density at radius 1 is 1.28 bits per heavy atom. The zero-order valence-electron chi connectivity index (χ0n) is 11.1. The van der Waals surface area contributed by atoms with Crippen LogP contribution in [0.5, 0.6) is 0 Å². The maximum Gasteiger partial charge on any atom is 0.333 e. The van der Waals surface area contributed by atoms with E-state index >= 15 is 0 Å². The minimum absolute atomic E-state index is 0.0402. The highest BCUT2D eigenvalue weighted by Crippen LogP contribution is 2.19. The number of hydrogen-bond donors (Lipinski definition) is 1. The van der Waals surface area contributed by atoms with Crippen LogP contribution in [0.2, 0.25) is 0 Å². The van der Waals surface area contributed by atoms with Gasteiger partial charge in [0, 0.05) is 11.2 Å². The van der Waals surface area contributed by atoms with Crippen LogP contribution in [-0.4, -0.2) is 18.2 Å². The number of halogens is 2. The predicted octanol–water partition coefficient (Wildman–Crippen LogP) is 2.15. The van der Waals surface area contributed by atoms with E-state index in [0.717, 1.165) is 12.1 Å². The van der Waals surface area contributed by atoms with E-state index in [4.69, 9.17) is 9.76 Å². The molecule has 0 aliphatic heterocycles. The van der Waals surface area contributed by atoms with Gasteiger partial charge in [0.15, 0.2) is 0 Å². The summed E-state index contributed by atoms with van der Waals surface area (Å²) in [5, 5.41) is 8.82. The smallest absolute Gasteiger partial charge is 0.333 e. The van der Waals surface area contributed by atoms with E-state index in [-0.39, 0.29) is 16.9 Å². The summed E-state index contributed by atoms with van der Waals surface area (Å²) in [7, 11) is 1.22. The molecule has 1 rings (SSSR count). The van der Waals surface area contributed by atoms with E-state index in [1.807, 2.05) is 27.7 Å². The van der Waals surface area contributed by atoms with Gasteiger partial charge in [-0.1, -0.05) is 13.8 Å². The molecule has 0 atom stereocenters. The standard InChI is InChI=1S/C13H18BF2O2/c1-8(2)13(3,4)18-14-10-6-11(15)9(7-17)5-12(10)16/h5-6,8,17H,7H2,1-4H3. The predicted molar refractivity (Wildman–Crippen MR) is 67.7 cm³/mol. The lowest BCUT2D eigenvalue weighted by Gasteiger charge is -2.30. The highest BCUT2D eigenvalue weighted by atomic mass is 19.1. The summed E-state index contributed by atoms with van der Waals surface area (Å²) >= 11 is 0. The second-order valence-electron chi connectivity index (χ2n) is 5.12. The van der Waals surface area contributed by atoms with Crippen LogP contribution in [0.15, 0.2) is 12.1 Å². The third kappa shape index (κ3) is 3.53. The van der Waals surface area contributed by atoms with Crippen molar-refractivity contribution in [2.24, 2.45) is 5.92 Å². The molecule has 99 valence electrons. The largest absolute Gasteiger partial charge is 0.429 e. The Morgan fingerprint density at radius 3 is 2.39 bits per heavy atom.